The van der Waals surface area contributed by atoms with Crippen molar-refractivity contribution in [2.45, 2.75) is 38.2 Å². The molecule has 1 N–H and O–H groups in total. The Hall–Kier alpha value is -3.00. The van der Waals surface area contributed by atoms with Gasteiger partial charge < -0.3 is 19.8 Å². The van der Waals surface area contributed by atoms with Crippen LogP contribution >= 0.6 is 0 Å². The summed E-state index contributed by atoms with van der Waals surface area (Å²) in [5.74, 6) is -0.383. The van der Waals surface area contributed by atoms with Gasteiger partial charge in [-0.2, -0.15) is 0 Å². The summed E-state index contributed by atoms with van der Waals surface area (Å²) in [5, 5.41) is 10.0. The molecule has 2 aliphatic heterocycles. The zero-order chi connectivity index (χ0) is 22.3. The van der Waals surface area contributed by atoms with Crippen molar-refractivity contribution < 1.29 is 14.7 Å². The van der Waals surface area contributed by atoms with Crippen LogP contribution in [0.5, 0.6) is 0 Å². The Bertz CT molecular complexity index is 1030. The van der Waals surface area contributed by atoms with Crippen molar-refractivity contribution in [3.05, 3.63) is 41.9 Å². The number of aryl methyl sites for hydroxylation is 1. The number of carbonyl (C=O) groups is 2. The smallest absolute Gasteiger partial charge is 0.274 e. The Labute approximate surface area is 187 Å². The van der Waals surface area contributed by atoms with E-state index in [1.807, 2.05) is 0 Å². The zero-order valence-electron chi connectivity index (χ0n) is 18.5. The summed E-state index contributed by atoms with van der Waals surface area (Å²) in [7, 11) is 0. The standard InChI is InChI=1S/C24H29N5O3/c1-2-27-9-3-4-18-14-17(5-6-21(18)27)19-15-26-20(16-25-19)22(30)28-10-12-29(13-11-28)23(31)24(32)7-8-24/h5-6,14-16,32H,2-4,7-13H2,1H3. The quantitative estimate of drug-likeness (QED) is 0.787. The molecule has 168 valence electrons. The van der Waals surface area contributed by atoms with E-state index < -0.39 is 5.60 Å². The number of rotatable bonds is 4. The monoisotopic (exact) mass is 435 g/mol. The highest BCUT2D eigenvalue weighted by Gasteiger charge is 2.50. The number of hydrogen-bond acceptors (Lipinski definition) is 6. The van der Waals surface area contributed by atoms with Crippen LogP contribution in [-0.2, 0) is 11.2 Å². The lowest BCUT2D eigenvalue weighted by Crippen LogP contribution is -2.53. The van der Waals surface area contributed by atoms with E-state index in [9.17, 15) is 14.7 Å². The van der Waals surface area contributed by atoms with Gasteiger partial charge in [0.2, 0.25) is 0 Å². The van der Waals surface area contributed by atoms with Gasteiger partial charge in [0.15, 0.2) is 0 Å². The molecule has 2 aromatic rings. The lowest BCUT2D eigenvalue weighted by atomic mass is 9.98. The first-order valence-electron chi connectivity index (χ1n) is 11.5. The summed E-state index contributed by atoms with van der Waals surface area (Å²) in [4.78, 5) is 39.8. The molecule has 1 saturated carbocycles. The first-order valence-corrected chi connectivity index (χ1v) is 11.5. The van der Waals surface area contributed by atoms with E-state index >= 15 is 0 Å². The number of amides is 2. The molecule has 8 heteroatoms. The zero-order valence-corrected chi connectivity index (χ0v) is 18.5. The van der Waals surface area contributed by atoms with Gasteiger partial charge in [-0.1, -0.05) is 6.07 Å². The van der Waals surface area contributed by atoms with Crippen molar-refractivity contribution in [1.82, 2.24) is 19.8 Å². The average molecular weight is 436 g/mol. The maximum absolute atomic E-state index is 12.9. The minimum Gasteiger partial charge on any atom is -0.380 e. The second-order valence-corrected chi connectivity index (χ2v) is 8.93. The largest absolute Gasteiger partial charge is 0.380 e. The molecule has 1 aromatic carbocycles. The van der Waals surface area contributed by atoms with E-state index in [0.29, 0.717) is 44.7 Å². The Morgan fingerprint density at radius 3 is 2.44 bits per heavy atom. The second-order valence-electron chi connectivity index (χ2n) is 8.93. The number of benzene rings is 1. The number of aromatic nitrogens is 2. The average Bonchev–Trinajstić information content (AvgIpc) is 3.61. The summed E-state index contributed by atoms with van der Waals surface area (Å²) in [6, 6.07) is 6.42. The summed E-state index contributed by atoms with van der Waals surface area (Å²) in [6.07, 6.45) is 6.50. The Morgan fingerprint density at radius 1 is 1.03 bits per heavy atom. The van der Waals surface area contributed by atoms with Crippen LogP contribution in [0.2, 0.25) is 0 Å². The molecule has 0 radical (unpaired) electrons. The van der Waals surface area contributed by atoms with Gasteiger partial charge >= 0.3 is 0 Å². The predicted molar refractivity (Wildman–Crippen MR) is 120 cm³/mol. The van der Waals surface area contributed by atoms with Crippen LogP contribution in [0.25, 0.3) is 11.3 Å². The molecule has 2 amide bonds. The van der Waals surface area contributed by atoms with E-state index in [4.69, 9.17) is 0 Å². The normalized spacial score (nSPS) is 19.5. The fourth-order valence-electron chi connectivity index (χ4n) is 4.65. The number of nitrogens with zero attached hydrogens (tertiary/aromatic N) is 5. The van der Waals surface area contributed by atoms with Crippen LogP contribution in [0.3, 0.4) is 0 Å². The van der Waals surface area contributed by atoms with Crippen molar-refractivity contribution in [2.24, 2.45) is 0 Å². The second kappa shape index (κ2) is 8.16. The highest BCUT2D eigenvalue weighted by molar-refractivity contribution is 5.93. The third kappa shape index (κ3) is 3.83. The molecule has 3 heterocycles. The molecule has 0 spiro atoms. The Morgan fingerprint density at radius 2 is 1.78 bits per heavy atom. The van der Waals surface area contributed by atoms with Gasteiger partial charge in [-0.15, -0.1) is 0 Å². The number of piperazine rings is 1. The molecule has 1 saturated heterocycles. The molecular weight excluding hydrogens is 406 g/mol. The van der Waals surface area contributed by atoms with Gasteiger partial charge in [-0.05, 0) is 50.3 Å². The van der Waals surface area contributed by atoms with Crippen LogP contribution < -0.4 is 4.90 Å². The number of anilines is 1. The molecule has 5 rings (SSSR count). The molecule has 8 nitrogen and oxygen atoms in total. The molecular formula is C24H29N5O3. The van der Waals surface area contributed by atoms with Gasteiger partial charge in [0.05, 0.1) is 18.1 Å². The van der Waals surface area contributed by atoms with E-state index in [1.54, 1.807) is 22.2 Å². The predicted octanol–water partition coefficient (Wildman–Crippen LogP) is 1.73. The van der Waals surface area contributed by atoms with Crippen molar-refractivity contribution >= 4 is 17.5 Å². The van der Waals surface area contributed by atoms with E-state index in [0.717, 1.165) is 37.2 Å². The van der Waals surface area contributed by atoms with Crippen LogP contribution in [-0.4, -0.2) is 81.6 Å². The summed E-state index contributed by atoms with van der Waals surface area (Å²) in [6.45, 7) is 6.02. The summed E-state index contributed by atoms with van der Waals surface area (Å²) in [5.41, 5.74) is 3.56. The maximum atomic E-state index is 12.9. The highest BCUT2D eigenvalue weighted by atomic mass is 16.3. The van der Waals surface area contributed by atoms with Gasteiger partial charge in [0.1, 0.15) is 11.3 Å². The lowest BCUT2D eigenvalue weighted by Gasteiger charge is -2.35. The molecule has 0 bridgehead atoms. The minimum atomic E-state index is -1.15. The molecule has 2 fully saturated rings. The van der Waals surface area contributed by atoms with Crippen molar-refractivity contribution in [3.8, 4) is 11.3 Å². The van der Waals surface area contributed by atoms with Crippen molar-refractivity contribution in [3.63, 3.8) is 0 Å². The van der Waals surface area contributed by atoms with Crippen molar-refractivity contribution in [1.29, 1.82) is 0 Å². The first kappa shape index (κ1) is 20.9. The van der Waals surface area contributed by atoms with Crippen LogP contribution in [0.4, 0.5) is 5.69 Å². The topological polar surface area (TPSA) is 89.9 Å². The molecule has 1 aliphatic carbocycles. The van der Waals surface area contributed by atoms with Crippen LogP contribution in [0.15, 0.2) is 30.6 Å². The molecule has 1 aromatic heterocycles. The van der Waals surface area contributed by atoms with Crippen LogP contribution in [0, 0.1) is 0 Å². The molecule has 32 heavy (non-hydrogen) atoms. The van der Waals surface area contributed by atoms with Crippen LogP contribution in [0.1, 0.15) is 42.2 Å². The van der Waals surface area contributed by atoms with E-state index in [1.165, 1.54) is 11.3 Å². The molecule has 3 aliphatic rings. The number of hydrogen-bond donors (Lipinski definition) is 1. The number of aliphatic hydroxyl groups is 1. The van der Waals surface area contributed by atoms with E-state index in [2.05, 4.69) is 40.0 Å². The fourth-order valence-corrected chi connectivity index (χ4v) is 4.65. The van der Waals surface area contributed by atoms with Gasteiger partial charge in [0, 0.05) is 50.5 Å². The summed E-state index contributed by atoms with van der Waals surface area (Å²) >= 11 is 0. The third-order valence-electron chi connectivity index (χ3n) is 6.82. The first-order chi connectivity index (χ1) is 15.5. The molecule has 0 unspecified atom stereocenters. The van der Waals surface area contributed by atoms with Gasteiger partial charge in [-0.3, -0.25) is 14.6 Å². The third-order valence-corrected chi connectivity index (χ3v) is 6.82. The number of fused-ring (bicyclic) bond motifs is 1. The highest BCUT2D eigenvalue weighted by Crippen LogP contribution is 2.37. The number of carbonyl (C=O) groups excluding carboxylic acids is 2. The van der Waals surface area contributed by atoms with Crippen molar-refractivity contribution in [2.75, 3.05) is 44.2 Å². The van der Waals surface area contributed by atoms with Gasteiger partial charge in [-0.25, -0.2) is 4.98 Å². The SMILES string of the molecule is CCN1CCCc2cc(-c3cnc(C(=O)N4CCN(C(=O)C5(O)CC5)CC4)cn3)ccc21. The van der Waals surface area contributed by atoms with E-state index in [-0.39, 0.29) is 11.8 Å². The van der Waals surface area contributed by atoms with Gasteiger partial charge in [0.25, 0.3) is 11.8 Å². The minimum absolute atomic E-state index is 0.176. The fraction of sp³-hybridized carbons (Fsp3) is 0.500. The maximum Gasteiger partial charge on any atom is 0.274 e. The Kier molecular flexibility index (Phi) is 5.33. The lowest BCUT2D eigenvalue weighted by molar-refractivity contribution is -0.143. The Balaban J connectivity index is 1.24. The summed E-state index contributed by atoms with van der Waals surface area (Å²) < 4.78 is 0. The molecule has 0 atom stereocenters.